The van der Waals surface area contributed by atoms with Crippen LogP contribution in [0.15, 0.2) is 48.5 Å². The summed E-state index contributed by atoms with van der Waals surface area (Å²) in [5.41, 5.74) is 1.77. The molecule has 0 radical (unpaired) electrons. The fourth-order valence-electron chi connectivity index (χ4n) is 4.57. The number of ether oxygens (including phenoxy) is 2. The van der Waals surface area contributed by atoms with Crippen LogP contribution in [0.2, 0.25) is 0 Å². The number of methoxy groups -OCH3 is 1. The van der Waals surface area contributed by atoms with Crippen LogP contribution in [0.25, 0.3) is 5.69 Å². The summed E-state index contributed by atoms with van der Waals surface area (Å²) < 4.78 is 39.9. The van der Waals surface area contributed by atoms with Gasteiger partial charge in [0.05, 0.1) is 30.5 Å². The number of hydrogen-bond acceptors (Lipinski definition) is 7. The number of halogens is 2. The lowest BCUT2D eigenvalue weighted by molar-refractivity contribution is 0.0518. The second-order valence-electron chi connectivity index (χ2n) is 9.41. The Morgan fingerprint density at radius 1 is 1.18 bits per heavy atom. The second-order valence-corrected chi connectivity index (χ2v) is 9.41. The minimum absolute atomic E-state index is 0.177. The Hall–Kier alpha value is -3.58. The van der Waals surface area contributed by atoms with Gasteiger partial charge in [-0.3, -0.25) is 10.2 Å². The van der Waals surface area contributed by atoms with Gasteiger partial charge in [-0.15, -0.1) is 5.10 Å². The third kappa shape index (κ3) is 6.90. The van der Waals surface area contributed by atoms with Crippen LogP contribution in [0.1, 0.15) is 17.0 Å². The third-order valence-corrected chi connectivity index (χ3v) is 6.63. The van der Waals surface area contributed by atoms with Crippen LogP contribution in [0, 0.1) is 18.6 Å². The topological polar surface area (TPSA) is 121 Å². The summed E-state index contributed by atoms with van der Waals surface area (Å²) in [6.07, 6.45) is -1.08. The van der Waals surface area contributed by atoms with E-state index in [4.69, 9.17) is 14.6 Å². The van der Waals surface area contributed by atoms with Gasteiger partial charge in [0.15, 0.2) is 11.6 Å². The smallest absolute Gasteiger partial charge is 0.320 e. The maximum atomic E-state index is 14.0. The Kier molecular flexibility index (Phi) is 9.46. The van der Waals surface area contributed by atoms with Gasteiger partial charge < -0.3 is 25.0 Å². The molecule has 0 bridgehead atoms. The van der Waals surface area contributed by atoms with E-state index in [2.05, 4.69) is 20.6 Å². The van der Waals surface area contributed by atoms with Gasteiger partial charge in [0.2, 0.25) is 5.88 Å². The summed E-state index contributed by atoms with van der Waals surface area (Å²) in [6.45, 7) is 3.21. The third-order valence-electron chi connectivity index (χ3n) is 6.63. The minimum atomic E-state index is -1.08. The van der Waals surface area contributed by atoms with Crippen molar-refractivity contribution < 1.29 is 33.3 Å². The first kappa shape index (κ1) is 28.4. The van der Waals surface area contributed by atoms with Gasteiger partial charge in [0.25, 0.3) is 0 Å². The summed E-state index contributed by atoms with van der Waals surface area (Å²) in [5, 5.41) is 29.1. The lowest BCUT2D eigenvalue weighted by atomic mass is 9.94. The highest BCUT2D eigenvalue weighted by Gasteiger charge is 2.35. The lowest BCUT2D eigenvalue weighted by Crippen LogP contribution is -2.42. The molecule has 1 aliphatic rings. The Morgan fingerprint density at radius 2 is 1.95 bits per heavy atom. The molecule has 0 unspecified atom stereocenters. The fourth-order valence-corrected chi connectivity index (χ4v) is 4.57. The van der Waals surface area contributed by atoms with Crippen molar-refractivity contribution in [3.63, 3.8) is 0 Å². The van der Waals surface area contributed by atoms with E-state index in [0.29, 0.717) is 48.9 Å². The molecular formula is C27H33F2N5O5. The quantitative estimate of drug-likeness (QED) is 0.292. The molecule has 1 aliphatic heterocycles. The summed E-state index contributed by atoms with van der Waals surface area (Å²) in [4.78, 5) is 15.4. The lowest BCUT2D eigenvalue weighted by Gasteiger charge is -2.21. The number of anilines is 1. The minimum Gasteiger partial charge on any atom is -0.474 e. The number of nitrogens with one attached hydrogen (secondary N) is 2. The molecule has 3 atom stereocenters. The summed E-state index contributed by atoms with van der Waals surface area (Å²) >= 11 is 0. The van der Waals surface area contributed by atoms with E-state index < -0.39 is 36.4 Å². The van der Waals surface area contributed by atoms with Crippen LogP contribution in [-0.4, -0.2) is 89.6 Å². The highest BCUT2D eigenvalue weighted by Crippen LogP contribution is 2.31. The van der Waals surface area contributed by atoms with Crippen molar-refractivity contribution in [1.82, 2.24) is 20.0 Å². The number of rotatable bonds is 11. The Balaban J connectivity index is 1.56. The van der Waals surface area contributed by atoms with Crippen molar-refractivity contribution in [2.24, 2.45) is 0 Å². The number of carbonyl (C=O) groups excluding carboxylic acids is 1. The number of urea groups is 1. The second kappa shape index (κ2) is 13.0. The average molecular weight is 546 g/mol. The molecule has 10 nitrogen and oxygen atoms in total. The number of aliphatic hydroxyl groups is 2. The number of para-hydroxylation sites is 1. The van der Waals surface area contributed by atoms with Gasteiger partial charge >= 0.3 is 6.03 Å². The number of carbonyl (C=O) groups is 1. The molecule has 3 aromatic rings. The SMILES string of the molecule is COCCN1C[C@@H](NC(=O)Nc2c(C)c(OC[C@@H](O)CO)nn2-c2ccccc2)[C@H](c2ccc(F)c(F)c2)C1. The fraction of sp³-hybridized carbons (Fsp3) is 0.407. The van der Waals surface area contributed by atoms with Crippen molar-refractivity contribution >= 4 is 11.8 Å². The van der Waals surface area contributed by atoms with Crippen LogP contribution < -0.4 is 15.4 Å². The number of aromatic nitrogens is 2. The molecule has 12 heteroatoms. The molecule has 4 rings (SSSR count). The Bertz CT molecular complexity index is 1260. The first-order valence-corrected chi connectivity index (χ1v) is 12.6. The zero-order chi connectivity index (χ0) is 27.9. The maximum Gasteiger partial charge on any atom is 0.320 e. The van der Waals surface area contributed by atoms with E-state index in [-0.39, 0.29) is 18.4 Å². The van der Waals surface area contributed by atoms with Crippen LogP contribution in [-0.2, 0) is 4.74 Å². The molecule has 2 heterocycles. The van der Waals surface area contributed by atoms with Gasteiger partial charge in [0.1, 0.15) is 18.5 Å². The molecule has 0 saturated carbocycles. The molecule has 2 aromatic carbocycles. The first-order valence-electron chi connectivity index (χ1n) is 12.6. The van der Waals surface area contributed by atoms with Crippen molar-refractivity contribution in [2.75, 3.05) is 51.9 Å². The van der Waals surface area contributed by atoms with Crippen LogP contribution in [0.5, 0.6) is 5.88 Å². The van der Waals surface area contributed by atoms with Crippen molar-refractivity contribution in [1.29, 1.82) is 0 Å². The van der Waals surface area contributed by atoms with Gasteiger partial charge in [-0.2, -0.15) is 0 Å². The van der Waals surface area contributed by atoms with Gasteiger partial charge in [-0.1, -0.05) is 24.3 Å². The summed E-state index contributed by atoms with van der Waals surface area (Å²) in [6, 6.07) is 12.0. The molecule has 0 spiro atoms. The van der Waals surface area contributed by atoms with Crippen molar-refractivity contribution in [3.8, 4) is 11.6 Å². The normalized spacial score (nSPS) is 18.2. The summed E-state index contributed by atoms with van der Waals surface area (Å²) in [7, 11) is 1.60. The highest BCUT2D eigenvalue weighted by atomic mass is 19.2. The molecule has 4 N–H and O–H groups in total. The molecule has 210 valence electrons. The van der Waals surface area contributed by atoms with Crippen molar-refractivity contribution in [2.45, 2.75) is 25.0 Å². The van der Waals surface area contributed by atoms with E-state index in [1.165, 1.54) is 16.8 Å². The number of nitrogens with zero attached hydrogens (tertiary/aromatic N) is 3. The van der Waals surface area contributed by atoms with Crippen LogP contribution >= 0.6 is 0 Å². The van der Waals surface area contributed by atoms with Crippen LogP contribution in [0.3, 0.4) is 0 Å². The number of benzene rings is 2. The number of likely N-dealkylation sites (tertiary alicyclic amines) is 1. The molecule has 2 amide bonds. The van der Waals surface area contributed by atoms with E-state index in [1.807, 2.05) is 30.3 Å². The van der Waals surface area contributed by atoms with Crippen LogP contribution in [0.4, 0.5) is 19.4 Å². The van der Waals surface area contributed by atoms with Crippen molar-refractivity contribution in [3.05, 3.63) is 71.3 Å². The highest BCUT2D eigenvalue weighted by molar-refractivity contribution is 5.90. The largest absolute Gasteiger partial charge is 0.474 e. The summed E-state index contributed by atoms with van der Waals surface area (Å²) in [5.74, 6) is -1.60. The Morgan fingerprint density at radius 3 is 2.64 bits per heavy atom. The molecule has 1 saturated heterocycles. The van der Waals surface area contributed by atoms with Gasteiger partial charge in [-0.05, 0) is 36.8 Å². The standard InChI is InChI=1S/C27H33F2N5O5/c1-17-25(34(19-6-4-3-5-7-19)32-26(17)39-16-20(36)15-35)31-27(37)30-24-14-33(10-11-38-2)13-21(24)18-8-9-22(28)23(29)12-18/h3-9,12,20-21,24,35-36H,10-11,13-16H2,1-2H3,(H2,30,31,37)/t20-,21-,24+/m0/s1. The zero-order valence-corrected chi connectivity index (χ0v) is 21.8. The molecule has 1 fully saturated rings. The predicted octanol–water partition coefficient (Wildman–Crippen LogP) is 2.43. The van der Waals surface area contributed by atoms with E-state index >= 15 is 0 Å². The molecule has 1 aromatic heterocycles. The number of aliphatic hydroxyl groups excluding tert-OH is 2. The van der Waals surface area contributed by atoms with Gasteiger partial charge in [-0.25, -0.2) is 18.3 Å². The maximum absolute atomic E-state index is 14.0. The Labute approximate surface area is 225 Å². The van der Waals surface area contributed by atoms with E-state index in [9.17, 15) is 18.7 Å². The molecule has 39 heavy (non-hydrogen) atoms. The predicted molar refractivity (Wildman–Crippen MR) is 140 cm³/mol. The number of hydrogen-bond donors (Lipinski definition) is 4. The van der Waals surface area contributed by atoms with E-state index in [1.54, 1.807) is 14.0 Å². The molecule has 0 aliphatic carbocycles. The first-order chi connectivity index (χ1) is 18.8. The molecular weight excluding hydrogens is 512 g/mol. The number of amides is 2. The van der Waals surface area contributed by atoms with E-state index in [0.717, 1.165) is 6.07 Å². The van der Waals surface area contributed by atoms with Gasteiger partial charge in [0, 0.05) is 32.7 Å². The zero-order valence-electron chi connectivity index (χ0n) is 21.8. The monoisotopic (exact) mass is 545 g/mol. The average Bonchev–Trinajstić information content (AvgIpc) is 3.48.